The zero-order valence-corrected chi connectivity index (χ0v) is 18.7. The first-order chi connectivity index (χ1) is 14.0. The monoisotopic (exact) mass is 432 g/mol. The first kappa shape index (κ1) is 22.1. The molecule has 29 heavy (non-hydrogen) atoms. The summed E-state index contributed by atoms with van der Waals surface area (Å²) in [5.41, 5.74) is 1.89. The van der Waals surface area contributed by atoms with Gasteiger partial charge in [0.25, 0.3) is 5.91 Å². The van der Waals surface area contributed by atoms with Crippen LogP contribution in [0.4, 0.5) is 0 Å². The Morgan fingerprint density at radius 3 is 2.31 bits per heavy atom. The summed E-state index contributed by atoms with van der Waals surface area (Å²) in [6.07, 6.45) is 5.88. The summed E-state index contributed by atoms with van der Waals surface area (Å²) >= 11 is 12.2. The maximum absolute atomic E-state index is 12.3. The van der Waals surface area contributed by atoms with Gasteiger partial charge in [0.15, 0.2) is 0 Å². The average molecular weight is 433 g/mol. The van der Waals surface area contributed by atoms with Crippen LogP contribution >= 0.6 is 23.2 Å². The number of benzene rings is 2. The highest BCUT2D eigenvalue weighted by Gasteiger charge is 2.29. The lowest BCUT2D eigenvalue weighted by molar-refractivity contribution is 0.0947. The van der Waals surface area contributed by atoms with Gasteiger partial charge in [-0.2, -0.15) is 0 Å². The highest BCUT2D eigenvalue weighted by atomic mass is 35.5. The molecule has 1 amide bonds. The Balaban J connectivity index is 1.47. The molecule has 3 rings (SSSR count). The molecule has 1 unspecified atom stereocenters. The SMILES string of the molecule is CN(C)C(c1ccc(Cl)cc1)C1CCC(CCNC(=O)c2ccccc2Cl)CC1. The number of rotatable bonds is 7. The molecule has 1 N–H and O–H groups in total. The zero-order chi connectivity index (χ0) is 20.8. The van der Waals surface area contributed by atoms with Crippen molar-refractivity contribution in [2.24, 2.45) is 11.8 Å². The minimum Gasteiger partial charge on any atom is -0.352 e. The Morgan fingerprint density at radius 2 is 1.69 bits per heavy atom. The fourth-order valence-electron chi connectivity index (χ4n) is 4.57. The van der Waals surface area contributed by atoms with E-state index in [1.54, 1.807) is 12.1 Å². The van der Waals surface area contributed by atoms with Gasteiger partial charge in [0, 0.05) is 17.6 Å². The highest BCUT2D eigenvalue weighted by molar-refractivity contribution is 6.33. The Bertz CT molecular complexity index is 799. The summed E-state index contributed by atoms with van der Waals surface area (Å²) in [5.74, 6) is 1.24. The van der Waals surface area contributed by atoms with Gasteiger partial charge >= 0.3 is 0 Å². The predicted molar refractivity (Wildman–Crippen MR) is 122 cm³/mol. The maximum atomic E-state index is 12.3. The van der Waals surface area contributed by atoms with Crippen molar-refractivity contribution in [2.75, 3.05) is 20.6 Å². The number of carbonyl (C=O) groups is 1. The van der Waals surface area contributed by atoms with Gasteiger partial charge in [-0.1, -0.05) is 60.3 Å². The van der Waals surface area contributed by atoms with E-state index in [1.807, 2.05) is 24.3 Å². The van der Waals surface area contributed by atoms with E-state index in [9.17, 15) is 4.79 Å². The van der Waals surface area contributed by atoms with Crippen LogP contribution in [-0.2, 0) is 0 Å². The van der Waals surface area contributed by atoms with Crippen LogP contribution in [0, 0.1) is 11.8 Å². The zero-order valence-electron chi connectivity index (χ0n) is 17.2. The van der Waals surface area contributed by atoms with Crippen LogP contribution in [0.3, 0.4) is 0 Å². The summed E-state index contributed by atoms with van der Waals surface area (Å²) in [4.78, 5) is 14.6. The third-order valence-corrected chi connectivity index (χ3v) is 6.64. The average Bonchev–Trinajstić information content (AvgIpc) is 2.71. The number of nitrogens with zero attached hydrogens (tertiary/aromatic N) is 1. The van der Waals surface area contributed by atoms with Gasteiger partial charge in [0.1, 0.15) is 0 Å². The number of carbonyl (C=O) groups excluding carboxylic acids is 1. The molecule has 1 aliphatic carbocycles. The van der Waals surface area contributed by atoms with E-state index < -0.39 is 0 Å². The van der Waals surface area contributed by atoms with E-state index in [1.165, 1.54) is 31.2 Å². The number of halogens is 2. The molecule has 0 bridgehead atoms. The Kier molecular flexibility index (Phi) is 7.99. The first-order valence-corrected chi connectivity index (χ1v) is 11.2. The van der Waals surface area contributed by atoms with Gasteiger partial charge in [0.05, 0.1) is 10.6 Å². The molecule has 0 aromatic heterocycles. The molecule has 0 spiro atoms. The van der Waals surface area contributed by atoms with Crippen LogP contribution in [-0.4, -0.2) is 31.4 Å². The summed E-state index contributed by atoms with van der Waals surface area (Å²) in [6, 6.07) is 15.9. The fourth-order valence-corrected chi connectivity index (χ4v) is 4.92. The van der Waals surface area contributed by atoms with Crippen molar-refractivity contribution in [3.8, 4) is 0 Å². The molecule has 0 radical (unpaired) electrons. The van der Waals surface area contributed by atoms with E-state index in [0.717, 1.165) is 11.4 Å². The number of amides is 1. The normalized spacial score (nSPS) is 20.4. The molecule has 2 aromatic rings. The Labute approximate surface area is 184 Å². The number of nitrogens with one attached hydrogen (secondary N) is 1. The standard InChI is InChI=1S/C24H30Cl2N2O/c1-28(2)23(19-11-13-20(25)14-12-19)18-9-7-17(8-10-18)15-16-27-24(29)21-5-3-4-6-22(21)26/h3-6,11-14,17-18,23H,7-10,15-16H2,1-2H3,(H,27,29). The van der Waals surface area contributed by atoms with E-state index in [2.05, 4.69) is 36.4 Å². The van der Waals surface area contributed by atoms with Crippen LogP contribution in [0.15, 0.2) is 48.5 Å². The van der Waals surface area contributed by atoms with Crippen molar-refractivity contribution in [3.63, 3.8) is 0 Å². The van der Waals surface area contributed by atoms with Crippen LogP contribution in [0.2, 0.25) is 10.0 Å². The highest BCUT2D eigenvalue weighted by Crippen LogP contribution is 2.40. The smallest absolute Gasteiger partial charge is 0.252 e. The number of hydrogen-bond acceptors (Lipinski definition) is 2. The van der Waals surface area contributed by atoms with Crippen molar-refractivity contribution in [1.29, 1.82) is 0 Å². The minimum absolute atomic E-state index is 0.0836. The lowest BCUT2D eigenvalue weighted by Gasteiger charge is -2.37. The summed E-state index contributed by atoms with van der Waals surface area (Å²) in [6.45, 7) is 0.702. The topological polar surface area (TPSA) is 32.3 Å². The van der Waals surface area contributed by atoms with Crippen LogP contribution in [0.5, 0.6) is 0 Å². The van der Waals surface area contributed by atoms with Crippen molar-refractivity contribution >= 4 is 29.1 Å². The van der Waals surface area contributed by atoms with E-state index in [4.69, 9.17) is 23.2 Å². The van der Waals surface area contributed by atoms with E-state index >= 15 is 0 Å². The lowest BCUT2D eigenvalue weighted by atomic mass is 9.75. The van der Waals surface area contributed by atoms with Crippen molar-refractivity contribution in [2.45, 2.75) is 38.1 Å². The van der Waals surface area contributed by atoms with Gasteiger partial charge in [-0.15, -0.1) is 0 Å². The fraction of sp³-hybridized carbons (Fsp3) is 0.458. The van der Waals surface area contributed by atoms with Crippen molar-refractivity contribution in [1.82, 2.24) is 10.2 Å². The second-order valence-corrected chi connectivity index (χ2v) is 9.11. The second-order valence-electron chi connectivity index (χ2n) is 8.27. The van der Waals surface area contributed by atoms with Crippen LogP contribution in [0.25, 0.3) is 0 Å². The lowest BCUT2D eigenvalue weighted by Crippen LogP contribution is -2.31. The number of hydrogen-bond donors (Lipinski definition) is 1. The van der Waals surface area contributed by atoms with Crippen LogP contribution < -0.4 is 5.32 Å². The third-order valence-electron chi connectivity index (χ3n) is 6.06. The Morgan fingerprint density at radius 1 is 1.03 bits per heavy atom. The first-order valence-electron chi connectivity index (χ1n) is 10.4. The molecule has 1 aliphatic rings. The molecule has 1 saturated carbocycles. The molecule has 1 atom stereocenters. The van der Waals surface area contributed by atoms with Gasteiger partial charge in [-0.25, -0.2) is 0 Å². The summed E-state index contributed by atoms with van der Waals surface area (Å²) in [5, 5.41) is 4.31. The molecule has 3 nitrogen and oxygen atoms in total. The van der Waals surface area contributed by atoms with Crippen molar-refractivity contribution in [3.05, 3.63) is 69.7 Å². The maximum Gasteiger partial charge on any atom is 0.252 e. The van der Waals surface area contributed by atoms with E-state index in [0.29, 0.717) is 35.0 Å². The minimum atomic E-state index is -0.0836. The largest absolute Gasteiger partial charge is 0.352 e. The summed E-state index contributed by atoms with van der Waals surface area (Å²) < 4.78 is 0. The van der Waals surface area contributed by atoms with Gasteiger partial charge in [-0.05, 0) is 75.0 Å². The van der Waals surface area contributed by atoms with Gasteiger partial charge in [0.2, 0.25) is 0 Å². The molecule has 0 aliphatic heterocycles. The molecule has 2 aromatic carbocycles. The second kappa shape index (κ2) is 10.5. The Hall–Kier alpha value is -1.55. The molecule has 0 heterocycles. The van der Waals surface area contributed by atoms with E-state index in [-0.39, 0.29) is 5.91 Å². The molecular weight excluding hydrogens is 403 g/mol. The van der Waals surface area contributed by atoms with Gasteiger partial charge in [-0.3, -0.25) is 4.79 Å². The molecule has 5 heteroatoms. The predicted octanol–water partition coefficient (Wildman–Crippen LogP) is 6.22. The van der Waals surface area contributed by atoms with Crippen molar-refractivity contribution < 1.29 is 4.79 Å². The summed E-state index contributed by atoms with van der Waals surface area (Å²) in [7, 11) is 4.32. The molecule has 0 saturated heterocycles. The quantitative estimate of drug-likeness (QED) is 0.562. The molecule has 1 fully saturated rings. The van der Waals surface area contributed by atoms with Crippen LogP contribution in [0.1, 0.15) is 54.1 Å². The van der Waals surface area contributed by atoms with Gasteiger partial charge < -0.3 is 10.2 Å². The third kappa shape index (κ3) is 5.97. The molecular formula is C24H30Cl2N2O. The molecule has 156 valence electrons.